The maximum atomic E-state index is 13.2. The van der Waals surface area contributed by atoms with Crippen LogP contribution in [0, 0.1) is 0 Å². The molecule has 0 radical (unpaired) electrons. The SMILES string of the molecule is CC.CCSC1=C(NC(=O)C(CC)Oc2ccc(C(C)(C)CC)cc2C(C)(C)CC)C=CCC1. The Morgan fingerprint density at radius 1 is 1.06 bits per heavy atom. The van der Waals surface area contributed by atoms with Crippen molar-refractivity contribution >= 4 is 17.7 Å². The van der Waals surface area contributed by atoms with Gasteiger partial charge in [0.05, 0.1) is 5.70 Å². The summed E-state index contributed by atoms with van der Waals surface area (Å²) in [4.78, 5) is 14.4. The second-order valence-corrected chi connectivity index (χ2v) is 11.3. The summed E-state index contributed by atoms with van der Waals surface area (Å²) in [5, 5.41) is 3.15. The number of hydrogen-bond donors (Lipinski definition) is 1. The van der Waals surface area contributed by atoms with Crippen LogP contribution < -0.4 is 10.1 Å². The number of nitrogens with one attached hydrogen (secondary N) is 1. The third kappa shape index (κ3) is 7.93. The van der Waals surface area contributed by atoms with Crippen LogP contribution in [-0.2, 0) is 15.6 Å². The predicted octanol–water partition coefficient (Wildman–Crippen LogP) is 8.68. The number of allylic oxidation sites excluding steroid dienone is 3. The zero-order valence-corrected chi connectivity index (χ0v) is 24.2. The van der Waals surface area contributed by atoms with Crippen LogP contribution in [0.1, 0.15) is 112 Å². The number of thioether (sulfide) groups is 1. The van der Waals surface area contributed by atoms with Gasteiger partial charge in [0.2, 0.25) is 0 Å². The van der Waals surface area contributed by atoms with Crippen LogP contribution in [0.25, 0.3) is 0 Å². The summed E-state index contributed by atoms with van der Waals surface area (Å²) in [7, 11) is 0. The molecule has 4 heteroatoms. The highest BCUT2D eigenvalue weighted by Crippen LogP contribution is 2.39. The zero-order valence-electron chi connectivity index (χ0n) is 23.4. The van der Waals surface area contributed by atoms with Crippen molar-refractivity contribution in [1.82, 2.24) is 5.32 Å². The lowest BCUT2D eigenvalue weighted by Gasteiger charge is -2.31. The molecule has 1 aliphatic carbocycles. The minimum absolute atomic E-state index is 0.0382. The first kappa shape index (κ1) is 30.4. The first-order valence-electron chi connectivity index (χ1n) is 13.2. The first-order chi connectivity index (χ1) is 16.1. The molecule has 1 aromatic carbocycles. The average Bonchev–Trinajstić information content (AvgIpc) is 2.84. The summed E-state index contributed by atoms with van der Waals surface area (Å²) in [6.07, 6.45) is 8.36. The van der Waals surface area contributed by atoms with E-state index >= 15 is 0 Å². The molecule has 0 heterocycles. The van der Waals surface area contributed by atoms with Crippen molar-refractivity contribution < 1.29 is 9.53 Å². The number of ether oxygens (including phenoxy) is 1. The standard InChI is InChI=1S/C28H43NO2S.C2H6/c1-9-23(26(30)29-22-15-13-14-16-25(22)32-12-4)31-24-18-17-20(27(5,6)10-2)19-21(24)28(7,8)11-3;1-2/h13,15,17-19,23H,9-12,14,16H2,1-8H3,(H,29,30);1-2H3. The monoisotopic (exact) mass is 487 g/mol. The van der Waals surface area contributed by atoms with Crippen LogP contribution in [0.5, 0.6) is 5.75 Å². The van der Waals surface area contributed by atoms with Gasteiger partial charge in [-0.15, -0.1) is 11.8 Å². The molecule has 0 spiro atoms. The molecule has 0 aliphatic heterocycles. The second-order valence-electron chi connectivity index (χ2n) is 9.90. The third-order valence-corrected chi connectivity index (χ3v) is 7.95. The topological polar surface area (TPSA) is 38.3 Å². The van der Waals surface area contributed by atoms with Crippen molar-refractivity contribution in [3.05, 3.63) is 52.1 Å². The molecule has 0 saturated heterocycles. The molecule has 34 heavy (non-hydrogen) atoms. The summed E-state index contributed by atoms with van der Waals surface area (Å²) >= 11 is 1.81. The Kier molecular flexibility index (Phi) is 12.5. The fourth-order valence-electron chi connectivity index (χ4n) is 3.74. The van der Waals surface area contributed by atoms with Gasteiger partial charge < -0.3 is 10.1 Å². The smallest absolute Gasteiger partial charge is 0.265 e. The minimum Gasteiger partial charge on any atom is -0.480 e. The van der Waals surface area contributed by atoms with Crippen molar-refractivity contribution in [3.8, 4) is 5.75 Å². The second kappa shape index (κ2) is 14.0. The molecule has 0 aromatic heterocycles. The number of benzene rings is 1. The fourth-order valence-corrected chi connectivity index (χ4v) is 4.63. The maximum Gasteiger partial charge on any atom is 0.265 e. The normalized spacial score (nSPS) is 14.9. The molecule has 192 valence electrons. The van der Waals surface area contributed by atoms with Gasteiger partial charge in [-0.3, -0.25) is 4.79 Å². The molecule has 1 N–H and O–H groups in total. The number of carbonyl (C=O) groups excluding carboxylic acids is 1. The van der Waals surface area contributed by atoms with Gasteiger partial charge in [-0.1, -0.05) is 87.4 Å². The highest BCUT2D eigenvalue weighted by molar-refractivity contribution is 8.03. The van der Waals surface area contributed by atoms with Crippen LogP contribution in [0.2, 0.25) is 0 Å². The molecule has 0 saturated carbocycles. The largest absolute Gasteiger partial charge is 0.480 e. The summed E-state index contributed by atoms with van der Waals surface area (Å²) in [5.74, 6) is 1.76. The van der Waals surface area contributed by atoms with Crippen LogP contribution >= 0.6 is 11.8 Å². The fraction of sp³-hybridized carbons (Fsp3) is 0.633. The van der Waals surface area contributed by atoms with Gasteiger partial charge in [0, 0.05) is 10.5 Å². The Morgan fingerprint density at radius 3 is 2.26 bits per heavy atom. The molecule has 2 rings (SSSR count). The van der Waals surface area contributed by atoms with Gasteiger partial charge in [-0.25, -0.2) is 0 Å². The quantitative estimate of drug-likeness (QED) is 0.339. The Bertz CT molecular complexity index is 851. The first-order valence-corrected chi connectivity index (χ1v) is 14.2. The van der Waals surface area contributed by atoms with Gasteiger partial charge in [0.1, 0.15) is 5.75 Å². The molecule has 1 unspecified atom stereocenters. The lowest BCUT2D eigenvalue weighted by atomic mass is 9.76. The summed E-state index contributed by atoms with van der Waals surface area (Å²) in [5.41, 5.74) is 3.50. The molecule has 1 aliphatic rings. The van der Waals surface area contributed by atoms with Crippen LogP contribution in [0.4, 0.5) is 0 Å². The van der Waals surface area contributed by atoms with Crippen LogP contribution in [0.3, 0.4) is 0 Å². The van der Waals surface area contributed by atoms with Crippen molar-refractivity contribution in [3.63, 3.8) is 0 Å². The lowest BCUT2D eigenvalue weighted by Crippen LogP contribution is -2.38. The van der Waals surface area contributed by atoms with Gasteiger partial charge in [0.15, 0.2) is 6.10 Å². The molecule has 1 amide bonds. The number of carbonyl (C=O) groups is 1. The van der Waals surface area contributed by atoms with Crippen LogP contribution in [0.15, 0.2) is 41.0 Å². The van der Waals surface area contributed by atoms with E-state index in [0.717, 1.165) is 42.9 Å². The highest BCUT2D eigenvalue weighted by Gasteiger charge is 2.29. The summed E-state index contributed by atoms with van der Waals surface area (Å²) in [6, 6.07) is 6.55. The molecular formula is C30H49NO2S. The van der Waals surface area contributed by atoms with Crippen molar-refractivity contribution in [2.45, 2.75) is 118 Å². The number of rotatable bonds is 11. The van der Waals surface area contributed by atoms with E-state index in [1.165, 1.54) is 16.0 Å². The predicted molar refractivity (Wildman–Crippen MR) is 151 cm³/mol. The Morgan fingerprint density at radius 2 is 1.71 bits per heavy atom. The van der Waals surface area contributed by atoms with Crippen molar-refractivity contribution in [1.29, 1.82) is 0 Å². The molecule has 1 aromatic rings. The van der Waals surface area contributed by atoms with Gasteiger partial charge >= 0.3 is 0 Å². The van der Waals surface area contributed by atoms with Gasteiger partial charge in [0.25, 0.3) is 5.91 Å². The Hall–Kier alpha value is -1.68. The van der Waals surface area contributed by atoms with E-state index in [-0.39, 0.29) is 16.7 Å². The summed E-state index contributed by atoms with van der Waals surface area (Å²) < 4.78 is 6.42. The van der Waals surface area contributed by atoms with E-state index in [2.05, 4.69) is 78.1 Å². The maximum absolute atomic E-state index is 13.2. The van der Waals surface area contributed by atoms with Gasteiger partial charge in [-0.2, -0.15) is 0 Å². The number of hydrogen-bond acceptors (Lipinski definition) is 3. The molecule has 1 atom stereocenters. The molecule has 0 fully saturated rings. The minimum atomic E-state index is -0.526. The van der Waals surface area contributed by atoms with E-state index in [1.54, 1.807) is 0 Å². The van der Waals surface area contributed by atoms with Crippen LogP contribution in [-0.4, -0.2) is 17.8 Å². The lowest BCUT2D eigenvalue weighted by molar-refractivity contribution is -0.127. The van der Waals surface area contributed by atoms with E-state index in [0.29, 0.717) is 6.42 Å². The Balaban J connectivity index is 0.00000281. The molecular weight excluding hydrogens is 438 g/mol. The zero-order chi connectivity index (χ0) is 25.9. The highest BCUT2D eigenvalue weighted by atomic mass is 32.2. The average molecular weight is 488 g/mol. The Labute approximate surface area is 214 Å². The van der Waals surface area contributed by atoms with Crippen molar-refractivity contribution in [2.24, 2.45) is 0 Å². The summed E-state index contributed by atoms with van der Waals surface area (Å²) in [6.45, 7) is 21.7. The van der Waals surface area contributed by atoms with Crippen molar-refractivity contribution in [2.75, 3.05) is 5.75 Å². The van der Waals surface area contributed by atoms with E-state index in [1.807, 2.05) is 38.6 Å². The van der Waals surface area contributed by atoms with E-state index in [4.69, 9.17) is 4.74 Å². The third-order valence-electron chi connectivity index (χ3n) is 6.89. The molecule has 3 nitrogen and oxygen atoms in total. The van der Waals surface area contributed by atoms with Gasteiger partial charge in [-0.05, 0) is 66.4 Å². The molecule has 0 bridgehead atoms. The van der Waals surface area contributed by atoms with E-state index < -0.39 is 6.10 Å². The van der Waals surface area contributed by atoms with E-state index in [9.17, 15) is 4.79 Å². The number of amides is 1.